The Balaban J connectivity index is 1.04. The fourth-order valence-corrected chi connectivity index (χ4v) is 12.4. The molecule has 62 heavy (non-hydrogen) atoms. The average Bonchev–Trinajstić information content (AvgIpc) is 3.97. The number of hydrogen-bond acceptors (Lipinski definition) is 2. The van der Waals surface area contributed by atoms with Crippen LogP contribution in [0.2, 0.25) is 0 Å². The normalized spacial score (nSPS) is 13.3. The lowest BCUT2D eigenvalue weighted by atomic mass is 9.61. The molecule has 2 nitrogen and oxygen atoms in total. The van der Waals surface area contributed by atoms with E-state index in [-0.39, 0.29) is 0 Å². The molecule has 0 fully saturated rings. The third kappa shape index (κ3) is 4.47. The molecule has 2 aliphatic rings. The van der Waals surface area contributed by atoms with E-state index < -0.39 is 5.41 Å². The lowest BCUT2D eigenvalue weighted by Crippen LogP contribution is -2.32. The Labute approximate surface area is 362 Å². The molecule has 0 saturated heterocycles. The predicted octanol–water partition coefficient (Wildman–Crippen LogP) is 16.1. The third-order valence-corrected chi connectivity index (χ3v) is 14.9. The molecule has 0 unspecified atom stereocenters. The van der Waals surface area contributed by atoms with E-state index in [1.807, 2.05) is 11.3 Å². The zero-order valence-electron chi connectivity index (χ0n) is 33.6. The summed E-state index contributed by atoms with van der Waals surface area (Å²) in [5.74, 6) is 0. The first kappa shape index (κ1) is 34.0. The Morgan fingerprint density at radius 3 is 1.79 bits per heavy atom. The van der Waals surface area contributed by atoms with Gasteiger partial charge in [-0.1, -0.05) is 158 Å². The van der Waals surface area contributed by atoms with Crippen LogP contribution in [0.25, 0.3) is 80.7 Å². The van der Waals surface area contributed by atoms with Crippen molar-refractivity contribution in [3.8, 4) is 27.9 Å². The van der Waals surface area contributed by atoms with Crippen LogP contribution in [0.4, 0.5) is 17.1 Å². The van der Waals surface area contributed by atoms with Crippen molar-refractivity contribution in [2.45, 2.75) is 5.41 Å². The summed E-state index contributed by atoms with van der Waals surface area (Å²) < 4.78 is 5.08. The van der Waals surface area contributed by atoms with Crippen LogP contribution in [-0.2, 0) is 5.41 Å². The van der Waals surface area contributed by atoms with Gasteiger partial charge in [-0.15, -0.1) is 11.3 Å². The highest BCUT2D eigenvalue weighted by atomic mass is 32.1. The van der Waals surface area contributed by atoms with E-state index in [0.717, 1.165) is 17.1 Å². The molecule has 14 rings (SSSR count). The average molecular weight is 805 g/mol. The highest BCUT2D eigenvalue weighted by molar-refractivity contribution is 7.25. The van der Waals surface area contributed by atoms with Crippen LogP contribution in [-0.4, -0.2) is 4.57 Å². The minimum atomic E-state index is -0.504. The van der Waals surface area contributed by atoms with Gasteiger partial charge in [0.15, 0.2) is 0 Å². The van der Waals surface area contributed by atoms with Crippen molar-refractivity contribution in [3.63, 3.8) is 0 Å². The lowest BCUT2D eigenvalue weighted by Gasteiger charge is -2.40. The van der Waals surface area contributed by atoms with Crippen LogP contribution in [0.15, 0.2) is 218 Å². The zero-order valence-corrected chi connectivity index (χ0v) is 34.4. The fourth-order valence-electron chi connectivity index (χ4n) is 11.3. The van der Waals surface area contributed by atoms with Crippen molar-refractivity contribution in [1.29, 1.82) is 0 Å². The molecule has 288 valence electrons. The first-order valence-corrected chi connectivity index (χ1v) is 22.2. The smallest absolute Gasteiger partial charge is 0.0726 e. The van der Waals surface area contributed by atoms with Gasteiger partial charge in [0.25, 0.3) is 0 Å². The Morgan fingerprint density at radius 1 is 0.355 bits per heavy atom. The molecule has 0 radical (unpaired) electrons. The number of fused-ring (bicyclic) bond motifs is 15. The highest BCUT2D eigenvalue weighted by Crippen LogP contribution is 2.62. The maximum absolute atomic E-state index is 2.51. The van der Waals surface area contributed by atoms with Crippen molar-refractivity contribution in [2.24, 2.45) is 0 Å². The summed E-state index contributed by atoms with van der Waals surface area (Å²) in [5.41, 5.74) is 16.9. The molecule has 0 N–H and O–H groups in total. The van der Waals surface area contributed by atoms with Gasteiger partial charge in [-0.05, 0) is 116 Å². The lowest BCUT2D eigenvalue weighted by molar-refractivity contribution is 0.773. The monoisotopic (exact) mass is 804 g/mol. The quantitative estimate of drug-likeness (QED) is 0.172. The summed E-state index contributed by atoms with van der Waals surface area (Å²) in [6.07, 6.45) is 0. The number of thiophene rings is 1. The maximum atomic E-state index is 2.51. The second kappa shape index (κ2) is 12.7. The van der Waals surface area contributed by atoms with Gasteiger partial charge in [-0.3, -0.25) is 0 Å². The van der Waals surface area contributed by atoms with Crippen LogP contribution >= 0.6 is 11.3 Å². The standard InChI is InChI=1S/C59H36N2S/c1-2-16-38(17-3-1)60(40-29-32-46-45-20-6-10-26-54(45)61(55(46)35-40)41-30-33-48-47-21-7-11-27-56(47)62-57(48)36-41)39-28-31-44-49-22-12-14-37-15-13-25-52(58(37)49)59(53(44)34-39)50-23-8-4-18-42(50)43-19-5-9-24-51(43)59/h1-36H. The number of rotatable bonds is 4. The van der Waals surface area contributed by atoms with E-state index in [1.165, 1.54) is 103 Å². The van der Waals surface area contributed by atoms with Crippen molar-refractivity contribution in [3.05, 3.63) is 241 Å². The molecule has 1 spiro atoms. The third-order valence-electron chi connectivity index (χ3n) is 13.8. The minimum Gasteiger partial charge on any atom is -0.310 e. The van der Waals surface area contributed by atoms with E-state index in [4.69, 9.17) is 0 Å². The largest absolute Gasteiger partial charge is 0.310 e. The molecule has 2 heterocycles. The topological polar surface area (TPSA) is 8.17 Å². The summed E-state index contributed by atoms with van der Waals surface area (Å²) in [5, 5.41) is 7.73. The Morgan fingerprint density at radius 2 is 0.952 bits per heavy atom. The van der Waals surface area contributed by atoms with Gasteiger partial charge in [0.05, 0.1) is 16.4 Å². The highest BCUT2D eigenvalue weighted by Gasteiger charge is 2.50. The second-order valence-corrected chi connectivity index (χ2v) is 17.9. The van der Waals surface area contributed by atoms with Crippen molar-refractivity contribution in [2.75, 3.05) is 4.90 Å². The maximum Gasteiger partial charge on any atom is 0.0726 e. The van der Waals surface area contributed by atoms with Gasteiger partial charge in [0.1, 0.15) is 0 Å². The van der Waals surface area contributed by atoms with Crippen LogP contribution in [0.5, 0.6) is 0 Å². The van der Waals surface area contributed by atoms with Crippen molar-refractivity contribution in [1.82, 2.24) is 4.57 Å². The van der Waals surface area contributed by atoms with Gasteiger partial charge >= 0.3 is 0 Å². The van der Waals surface area contributed by atoms with Gasteiger partial charge in [-0.25, -0.2) is 0 Å². The van der Waals surface area contributed by atoms with Gasteiger partial charge in [0, 0.05) is 53.7 Å². The number of benzene rings is 10. The molecule has 0 atom stereocenters. The summed E-state index contributed by atoms with van der Waals surface area (Å²) >= 11 is 1.87. The van der Waals surface area contributed by atoms with E-state index in [1.54, 1.807) is 0 Å². The Kier molecular flexibility index (Phi) is 6.95. The van der Waals surface area contributed by atoms with Crippen molar-refractivity contribution >= 4 is 81.1 Å². The summed E-state index contributed by atoms with van der Waals surface area (Å²) in [7, 11) is 0. The molecule has 0 amide bonds. The summed E-state index contributed by atoms with van der Waals surface area (Å²) in [6, 6.07) is 81.7. The van der Waals surface area contributed by atoms with E-state index in [2.05, 4.69) is 228 Å². The van der Waals surface area contributed by atoms with E-state index >= 15 is 0 Å². The summed E-state index contributed by atoms with van der Waals surface area (Å²) in [6.45, 7) is 0. The van der Waals surface area contributed by atoms with Crippen molar-refractivity contribution < 1.29 is 0 Å². The van der Waals surface area contributed by atoms with Crippen LogP contribution < -0.4 is 4.90 Å². The minimum absolute atomic E-state index is 0.504. The fraction of sp³-hybridized carbons (Fsp3) is 0.0169. The zero-order chi connectivity index (χ0) is 40.5. The molecule has 0 bridgehead atoms. The molecule has 2 aliphatic carbocycles. The molecule has 10 aromatic carbocycles. The predicted molar refractivity (Wildman–Crippen MR) is 262 cm³/mol. The van der Waals surface area contributed by atoms with Crippen LogP contribution in [0.3, 0.4) is 0 Å². The number of hydrogen-bond donors (Lipinski definition) is 0. The Hall–Kier alpha value is -7.72. The summed E-state index contributed by atoms with van der Waals surface area (Å²) in [4.78, 5) is 2.46. The molecule has 0 aliphatic heterocycles. The number of nitrogens with zero attached hydrogens (tertiary/aromatic N) is 2. The van der Waals surface area contributed by atoms with E-state index in [0.29, 0.717) is 0 Å². The second-order valence-electron chi connectivity index (χ2n) is 16.8. The molecule has 0 saturated carbocycles. The van der Waals surface area contributed by atoms with E-state index in [9.17, 15) is 0 Å². The van der Waals surface area contributed by atoms with Crippen LogP contribution in [0.1, 0.15) is 22.3 Å². The first-order chi connectivity index (χ1) is 30.8. The molecule has 2 aromatic heterocycles. The molecular formula is C59H36N2S. The van der Waals surface area contributed by atoms with Gasteiger partial charge < -0.3 is 9.47 Å². The molecule has 3 heteroatoms. The number of aromatic nitrogens is 1. The number of para-hydroxylation sites is 2. The van der Waals surface area contributed by atoms with Crippen LogP contribution in [0, 0.1) is 0 Å². The number of anilines is 3. The van der Waals surface area contributed by atoms with Gasteiger partial charge in [-0.2, -0.15) is 0 Å². The molecule has 12 aromatic rings. The van der Waals surface area contributed by atoms with Gasteiger partial charge in [0.2, 0.25) is 0 Å². The SMILES string of the molecule is c1ccc(N(c2ccc3c(c2)C2(c4ccccc4-c4ccccc42)c2cccc4cccc-3c24)c2ccc3c4ccccc4n(-c4ccc5c(c4)sc4ccccc45)c3c2)cc1. The first-order valence-electron chi connectivity index (χ1n) is 21.4. The Bertz CT molecular complexity index is 3780. The molecular weight excluding hydrogens is 769 g/mol.